The van der Waals surface area contributed by atoms with Crippen molar-refractivity contribution in [3.05, 3.63) is 106 Å². The highest BCUT2D eigenvalue weighted by molar-refractivity contribution is 6.12. The molecule has 0 saturated carbocycles. The smallest absolute Gasteiger partial charge is 0.269 e. The predicted molar refractivity (Wildman–Crippen MR) is 106 cm³/mol. The summed E-state index contributed by atoms with van der Waals surface area (Å²) in [7, 11) is 0. The van der Waals surface area contributed by atoms with Crippen LogP contribution in [0.5, 0.6) is 0 Å². The first kappa shape index (κ1) is 18.5. The fourth-order valence-corrected chi connectivity index (χ4v) is 3.69. The average Bonchev–Trinajstić information content (AvgIpc) is 2.99. The highest BCUT2D eigenvalue weighted by Gasteiger charge is 2.55. The zero-order chi connectivity index (χ0) is 20.6. The van der Waals surface area contributed by atoms with Crippen LogP contribution in [-0.2, 0) is 10.4 Å². The van der Waals surface area contributed by atoms with Gasteiger partial charge in [0.05, 0.1) is 10.8 Å². The van der Waals surface area contributed by atoms with Crippen LogP contribution in [0.2, 0.25) is 0 Å². The van der Waals surface area contributed by atoms with Gasteiger partial charge >= 0.3 is 0 Å². The molecule has 1 heterocycles. The summed E-state index contributed by atoms with van der Waals surface area (Å²) < 4.78 is 0. The number of carbonyl (C=O) groups excluding carboxylic acids is 2. The lowest BCUT2D eigenvalue weighted by Crippen LogP contribution is -2.44. The Morgan fingerprint density at radius 2 is 1.62 bits per heavy atom. The van der Waals surface area contributed by atoms with Crippen LogP contribution in [0.15, 0.2) is 78.9 Å². The van der Waals surface area contributed by atoms with Gasteiger partial charge in [0.15, 0.2) is 11.4 Å². The minimum absolute atomic E-state index is 0.00911. The molecule has 29 heavy (non-hydrogen) atoms. The number of hydrogen-bond acceptors (Lipinski definition) is 5. The van der Waals surface area contributed by atoms with Crippen molar-refractivity contribution >= 4 is 23.1 Å². The van der Waals surface area contributed by atoms with E-state index in [-0.39, 0.29) is 16.9 Å². The molecule has 4 rings (SSSR count). The van der Waals surface area contributed by atoms with E-state index >= 15 is 0 Å². The molecule has 3 aromatic rings. The molecule has 3 aromatic carbocycles. The number of anilines is 1. The molecule has 7 heteroatoms. The van der Waals surface area contributed by atoms with Crippen molar-refractivity contribution in [3.8, 4) is 0 Å². The maximum absolute atomic E-state index is 13.4. The van der Waals surface area contributed by atoms with E-state index in [1.54, 1.807) is 60.7 Å². The Morgan fingerprint density at radius 3 is 2.24 bits per heavy atom. The number of benzene rings is 3. The molecule has 7 nitrogen and oxygen atoms in total. The van der Waals surface area contributed by atoms with E-state index in [0.29, 0.717) is 11.1 Å². The van der Waals surface area contributed by atoms with Crippen LogP contribution in [0.4, 0.5) is 11.4 Å². The van der Waals surface area contributed by atoms with Crippen molar-refractivity contribution in [2.75, 3.05) is 5.32 Å². The molecule has 144 valence electrons. The highest BCUT2D eigenvalue weighted by Crippen LogP contribution is 2.47. The summed E-state index contributed by atoms with van der Waals surface area (Å²) in [6, 6.07) is 20.5. The van der Waals surface area contributed by atoms with Gasteiger partial charge in [-0.25, -0.2) is 0 Å². The molecule has 0 fully saturated rings. The molecule has 0 unspecified atom stereocenters. The van der Waals surface area contributed by atoms with Crippen LogP contribution in [0.1, 0.15) is 27.4 Å². The number of carbonyl (C=O) groups is 2. The topological polar surface area (TPSA) is 110 Å². The highest BCUT2D eigenvalue weighted by atomic mass is 16.6. The Morgan fingerprint density at radius 1 is 1.00 bits per heavy atom. The van der Waals surface area contributed by atoms with Crippen molar-refractivity contribution in [1.82, 2.24) is 0 Å². The van der Waals surface area contributed by atoms with Crippen LogP contribution in [-0.4, -0.2) is 21.7 Å². The number of nitro benzene ring substituents is 1. The third-order valence-corrected chi connectivity index (χ3v) is 5.09. The molecule has 0 radical (unpaired) electrons. The Kier molecular flexibility index (Phi) is 4.44. The number of rotatable bonds is 5. The summed E-state index contributed by atoms with van der Waals surface area (Å²) in [6.07, 6.45) is 0. The van der Waals surface area contributed by atoms with Gasteiger partial charge in [0.1, 0.15) is 0 Å². The van der Waals surface area contributed by atoms with Gasteiger partial charge in [-0.3, -0.25) is 19.7 Å². The second-order valence-electron chi connectivity index (χ2n) is 6.78. The van der Waals surface area contributed by atoms with Crippen LogP contribution in [0.25, 0.3) is 0 Å². The van der Waals surface area contributed by atoms with Gasteiger partial charge in [-0.15, -0.1) is 0 Å². The number of Topliss-reactive ketones (excluding diaryl/α,β-unsaturated/α-hetero) is 1. The second kappa shape index (κ2) is 6.96. The third-order valence-electron chi connectivity index (χ3n) is 5.09. The van der Waals surface area contributed by atoms with Gasteiger partial charge in [-0.2, -0.15) is 0 Å². The number of aliphatic hydroxyl groups is 1. The molecule has 1 aliphatic rings. The second-order valence-corrected chi connectivity index (χ2v) is 6.78. The first-order valence-electron chi connectivity index (χ1n) is 8.90. The van der Waals surface area contributed by atoms with E-state index in [1.807, 2.05) is 0 Å². The summed E-state index contributed by atoms with van der Waals surface area (Å²) >= 11 is 0. The Balaban J connectivity index is 1.94. The Hall–Kier alpha value is -3.84. The van der Waals surface area contributed by atoms with E-state index < -0.39 is 28.1 Å². The molecule has 2 N–H and O–H groups in total. The number of amides is 1. The normalized spacial score (nSPS) is 18.6. The molecular formula is C22H16N2O5. The lowest BCUT2D eigenvalue weighted by atomic mass is 9.74. The predicted octanol–water partition coefficient (Wildman–Crippen LogP) is 3.40. The van der Waals surface area contributed by atoms with E-state index in [9.17, 15) is 24.8 Å². The number of fused-ring (bicyclic) bond motifs is 1. The SMILES string of the molecule is O=C(c1ccccc1)[C@H](c1ccccc1)[C@]1(O)C(=O)Nc2ccc([N+](=O)[O-])cc21. The first-order valence-corrected chi connectivity index (χ1v) is 8.90. The van der Waals surface area contributed by atoms with Crippen LogP contribution in [0.3, 0.4) is 0 Å². The van der Waals surface area contributed by atoms with Gasteiger partial charge in [0, 0.05) is 28.9 Å². The molecule has 1 aliphatic heterocycles. The summed E-state index contributed by atoms with van der Waals surface area (Å²) in [6.45, 7) is 0. The molecule has 0 bridgehead atoms. The van der Waals surface area contributed by atoms with Crippen molar-refractivity contribution in [1.29, 1.82) is 0 Å². The van der Waals surface area contributed by atoms with E-state index in [1.165, 1.54) is 12.1 Å². The van der Waals surface area contributed by atoms with Crippen LogP contribution in [0, 0.1) is 10.1 Å². The number of nitro groups is 1. The first-order chi connectivity index (χ1) is 13.9. The summed E-state index contributed by atoms with van der Waals surface area (Å²) in [4.78, 5) is 37.0. The van der Waals surface area contributed by atoms with Crippen molar-refractivity contribution in [2.24, 2.45) is 0 Å². The van der Waals surface area contributed by atoms with Crippen molar-refractivity contribution < 1.29 is 19.6 Å². The lowest BCUT2D eigenvalue weighted by Gasteiger charge is -2.30. The minimum atomic E-state index is -2.30. The zero-order valence-corrected chi connectivity index (χ0v) is 15.1. The molecule has 2 atom stereocenters. The maximum Gasteiger partial charge on any atom is 0.269 e. The molecule has 1 amide bonds. The number of ketones is 1. The standard InChI is InChI=1S/C22H16N2O5/c25-20(15-9-5-2-6-10-15)19(14-7-3-1-4-8-14)22(27)17-13-16(24(28)29)11-12-18(17)23-21(22)26/h1-13,19,27H,(H,23,26)/t19-,22-/m0/s1. The Labute approximate surface area is 165 Å². The van der Waals surface area contributed by atoms with E-state index in [2.05, 4.69) is 5.32 Å². The molecule has 0 aromatic heterocycles. The Bertz CT molecular complexity index is 1110. The molecule has 0 saturated heterocycles. The molecular weight excluding hydrogens is 372 g/mol. The van der Waals surface area contributed by atoms with Gasteiger partial charge in [0.2, 0.25) is 0 Å². The molecule has 0 spiro atoms. The van der Waals surface area contributed by atoms with E-state index in [4.69, 9.17) is 0 Å². The summed E-state index contributed by atoms with van der Waals surface area (Å²) in [5.41, 5.74) is -1.58. The fraction of sp³-hybridized carbons (Fsp3) is 0.0909. The summed E-state index contributed by atoms with van der Waals surface area (Å²) in [5.74, 6) is -2.55. The van der Waals surface area contributed by atoms with Gasteiger partial charge in [-0.05, 0) is 11.6 Å². The fourth-order valence-electron chi connectivity index (χ4n) is 3.69. The van der Waals surface area contributed by atoms with Crippen LogP contribution >= 0.6 is 0 Å². The van der Waals surface area contributed by atoms with Crippen molar-refractivity contribution in [3.63, 3.8) is 0 Å². The number of hydrogen-bond donors (Lipinski definition) is 2. The van der Waals surface area contributed by atoms with Crippen molar-refractivity contribution in [2.45, 2.75) is 11.5 Å². The third kappa shape index (κ3) is 2.97. The van der Waals surface area contributed by atoms with Gasteiger partial charge in [0.25, 0.3) is 11.6 Å². The lowest BCUT2D eigenvalue weighted by molar-refractivity contribution is -0.385. The maximum atomic E-state index is 13.4. The number of non-ortho nitro benzene ring substituents is 1. The average molecular weight is 388 g/mol. The zero-order valence-electron chi connectivity index (χ0n) is 15.1. The van der Waals surface area contributed by atoms with Crippen LogP contribution < -0.4 is 5.32 Å². The molecule has 0 aliphatic carbocycles. The number of nitrogens with one attached hydrogen (secondary N) is 1. The largest absolute Gasteiger partial charge is 0.374 e. The van der Waals surface area contributed by atoms with E-state index in [0.717, 1.165) is 6.07 Å². The van der Waals surface area contributed by atoms with Gasteiger partial charge < -0.3 is 10.4 Å². The minimum Gasteiger partial charge on any atom is -0.374 e. The summed E-state index contributed by atoms with van der Waals surface area (Å²) in [5, 5.41) is 25.4. The quantitative estimate of drug-likeness (QED) is 0.395. The number of nitrogens with zero attached hydrogens (tertiary/aromatic N) is 1. The van der Waals surface area contributed by atoms with Gasteiger partial charge in [-0.1, -0.05) is 60.7 Å². The monoisotopic (exact) mass is 388 g/mol.